The molecule has 21 heavy (non-hydrogen) atoms. The molecule has 114 valence electrons. The number of carbonyl (C=O) groups excluding carboxylic acids is 1. The van der Waals surface area contributed by atoms with Crippen LogP contribution in [0.3, 0.4) is 0 Å². The molecule has 2 unspecified atom stereocenters. The van der Waals surface area contributed by atoms with Crippen LogP contribution in [0, 0.1) is 5.92 Å². The van der Waals surface area contributed by atoms with Gasteiger partial charge in [0.05, 0.1) is 7.11 Å². The maximum Gasteiger partial charge on any atom is 0.254 e. The maximum atomic E-state index is 12.9. The number of ether oxygens (including phenoxy) is 1. The van der Waals surface area contributed by atoms with Gasteiger partial charge in [-0.2, -0.15) is 0 Å². The molecule has 2 aliphatic rings. The smallest absolute Gasteiger partial charge is 0.254 e. The lowest BCUT2D eigenvalue weighted by molar-refractivity contribution is 0.0390. The number of anilines is 1. The van der Waals surface area contributed by atoms with Crippen molar-refractivity contribution in [2.24, 2.45) is 5.92 Å². The Bertz CT molecular complexity index is 528. The summed E-state index contributed by atoms with van der Waals surface area (Å²) in [6, 6.07) is 5.73. The number of nitrogens with zero attached hydrogens (tertiary/aromatic N) is 1. The largest absolute Gasteiger partial charge is 0.497 e. The zero-order valence-corrected chi connectivity index (χ0v) is 12.7. The fraction of sp³-hybridized carbons (Fsp3) is 0.588. The summed E-state index contributed by atoms with van der Waals surface area (Å²) in [7, 11) is 1.60. The normalized spacial score (nSPS) is 25.3. The monoisotopic (exact) mass is 288 g/mol. The highest BCUT2D eigenvalue weighted by molar-refractivity contribution is 5.96. The van der Waals surface area contributed by atoms with Crippen molar-refractivity contribution >= 4 is 11.6 Å². The summed E-state index contributed by atoms with van der Waals surface area (Å²) in [5.41, 5.74) is 7.11. The molecule has 1 aromatic carbocycles. The van der Waals surface area contributed by atoms with Crippen LogP contribution in [-0.4, -0.2) is 30.5 Å². The molecule has 4 heteroatoms. The number of amides is 1. The molecule has 0 aromatic heterocycles. The second-order valence-electron chi connectivity index (χ2n) is 6.25. The van der Waals surface area contributed by atoms with Crippen molar-refractivity contribution in [3.8, 4) is 5.75 Å². The number of hydrogen-bond donors (Lipinski definition) is 1. The first-order valence-electron chi connectivity index (χ1n) is 7.94. The van der Waals surface area contributed by atoms with Crippen LogP contribution in [0.1, 0.15) is 48.9 Å². The number of piperidine rings is 1. The number of hydrogen-bond acceptors (Lipinski definition) is 3. The zero-order chi connectivity index (χ0) is 14.8. The summed E-state index contributed by atoms with van der Waals surface area (Å²) in [5.74, 6) is 1.45. The Morgan fingerprint density at radius 1 is 1.19 bits per heavy atom. The minimum atomic E-state index is 0.109. The van der Waals surface area contributed by atoms with Gasteiger partial charge >= 0.3 is 0 Å². The lowest BCUT2D eigenvalue weighted by atomic mass is 9.78. The molecule has 1 saturated carbocycles. The molecule has 0 radical (unpaired) electrons. The van der Waals surface area contributed by atoms with Gasteiger partial charge in [0, 0.05) is 29.9 Å². The molecule has 1 saturated heterocycles. The second-order valence-corrected chi connectivity index (χ2v) is 6.25. The van der Waals surface area contributed by atoms with E-state index in [1.807, 2.05) is 0 Å². The molecule has 1 aromatic rings. The van der Waals surface area contributed by atoms with E-state index in [4.69, 9.17) is 10.5 Å². The van der Waals surface area contributed by atoms with E-state index in [9.17, 15) is 4.79 Å². The van der Waals surface area contributed by atoms with E-state index < -0.39 is 0 Å². The lowest BCUT2D eigenvalue weighted by Gasteiger charge is -2.44. The van der Waals surface area contributed by atoms with Crippen molar-refractivity contribution < 1.29 is 9.53 Å². The molecule has 1 heterocycles. The summed E-state index contributed by atoms with van der Waals surface area (Å²) in [6.45, 7) is 0.872. The summed E-state index contributed by atoms with van der Waals surface area (Å²) in [4.78, 5) is 15.0. The van der Waals surface area contributed by atoms with Crippen LogP contribution in [0.5, 0.6) is 5.75 Å². The highest BCUT2D eigenvalue weighted by atomic mass is 16.5. The van der Waals surface area contributed by atoms with Crippen molar-refractivity contribution in [2.75, 3.05) is 19.4 Å². The molecule has 0 bridgehead atoms. The average Bonchev–Trinajstić information content (AvgIpc) is 2.53. The third-order valence-electron chi connectivity index (χ3n) is 4.92. The Hall–Kier alpha value is -1.71. The van der Waals surface area contributed by atoms with Gasteiger partial charge in [-0.15, -0.1) is 0 Å². The fourth-order valence-corrected chi connectivity index (χ4v) is 3.91. The predicted octanol–water partition coefficient (Wildman–Crippen LogP) is 3.07. The number of nitrogens with two attached hydrogens (primary N) is 1. The minimum absolute atomic E-state index is 0.109. The Morgan fingerprint density at radius 3 is 2.76 bits per heavy atom. The molecule has 2 fully saturated rings. The number of fused-ring (bicyclic) bond motifs is 1. The van der Waals surface area contributed by atoms with E-state index in [1.165, 1.54) is 25.7 Å². The molecular formula is C17H24N2O2. The predicted molar refractivity (Wildman–Crippen MR) is 83.4 cm³/mol. The molecule has 2 atom stereocenters. The quantitative estimate of drug-likeness (QED) is 0.851. The van der Waals surface area contributed by atoms with Gasteiger partial charge in [0.15, 0.2) is 0 Å². The van der Waals surface area contributed by atoms with Crippen LogP contribution >= 0.6 is 0 Å². The number of benzene rings is 1. The van der Waals surface area contributed by atoms with Crippen molar-refractivity contribution in [3.63, 3.8) is 0 Å². The first kappa shape index (κ1) is 14.2. The third kappa shape index (κ3) is 2.85. The van der Waals surface area contributed by atoms with Crippen molar-refractivity contribution in [1.29, 1.82) is 0 Å². The molecule has 1 aliphatic heterocycles. The van der Waals surface area contributed by atoms with Crippen LogP contribution in [0.2, 0.25) is 0 Å². The highest BCUT2D eigenvalue weighted by Crippen LogP contribution is 2.36. The van der Waals surface area contributed by atoms with E-state index in [-0.39, 0.29) is 5.91 Å². The van der Waals surface area contributed by atoms with Crippen LogP contribution in [0.4, 0.5) is 5.69 Å². The number of carbonyl (C=O) groups is 1. The summed E-state index contributed by atoms with van der Waals surface area (Å²) in [5, 5.41) is 0. The Balaban J connectivity index is 1.85. The highest BCUT2D eigenvalue weighted by Gasteiger charge is 2.36. The molecule has 1 aliphatic carbocycles. The summed E-state index contributed by atoms with van der Waals surface area (Å²) in [6.07, 6.45) is 7.37. The SMILES string of the molecule is COc1cc(N)cc(C(=O)N2CCCC3CCCCC32)c1. The summed E-state index contributed by atoms with van der Waals surface area (Å²) >= 11 is 0. The Morgan fingerprint density at radius 2 is 1.95 bits per heavy atom. The van der Waals surface area contributed by atoms with Gasteiger partial charge in [-0.05, 0) is 43.7 Å². The molecule has 0 spiro atoms. The number of nitrogen functional groups attached to an aromatic ring is 1. The lowest BCUT2D eigenvalue weighted by Crippen LogP contribution is -2.49. The standard InChI is InChI=1S/C17H24N2O2/c1-21-15-10-13(9-14(18)11-15)17(20)19-8-4-6-12-5-2-3-7-16(12)19/h9-12,16H,2-8,18H2,1H3. The first-order valence-corrected chi connectivity index (χ1v) is 7.94. The summed E-state index contributed by atoms with van der Waals surface area (Å²) < 4.78 is 5.23. The number of rotatable bonds is 2. The van der Waals surface area contributed by atoms with E-state index in [0.717, 1.165) is 19.4 Å². The third-order valence-corrected chi connectivity index (χ3v) is 4.92. The minimum Gasteiger partial charge on any atom is -0.497 e. The van der Waals surface area contributed by atoms with E-state index in [1.54, 1.807) is 25.3 Å². The first-order chi connectivity index (χ1) is 10.2. The van der Waals surface area contributed by atoms with Gasteiger partial charge < -0.3 is 15.4 Å². The topological polar surface area (TPSA) is 55.6 Å². The number of methoxy groups -OCH3 is 1. The van der Waals surface area contributed by atoms with Gasteiger partial charge in [-0.25, -0.2) is 0 Å². The average molecular weight is 288 g/mol. The van der Waals surface area contributed by atoms with Gasteiger partial charge in [-0.3, -0.25) is 4.79 Å². The van der Waals surface area contributed by atoms with Gasteiger partial charge in [0.1, 0.15) is 5.75 Å². The van der Waals surface area contributed by atoms with Crippen LogP contribution in [-0.2, 0) is 0 Å². The van der Waals surface area contributed by atoms with Gasteiger partial charge in [-0.1, -0.05) is 12.8 Å². The molecular weight excluding hydrogens is 264 g/mol. The Labute approximate surface area is 126 Å². The molecule has 2 N–H and O–H groups in total. The van der Waals surface area contributed by atoms with Crippen molar-refractivity contribution in [3.05, 3.63) is 23.8 Å². The molecule has 1 amide bonds. The molecule has 4 nitrogen and oxygen atoms in total. The Kier molecular flexibility index (Phi) is 4.04. The van der Waals surface area contributed by atoms with Gasteiger partial charge in [0.25, 0.3) is 5.91 Å². The maximum absolute atomic E-state index is 12.9. The number of likely N-dealkylation sites (tertiary alicyclic amines) is 1. The molecule has 3 rings (SSSR count). The fourth-order valence-electron chi connectivity index (χ4n) is 3.91. The van der Waals surface area contributed by atoms with Crippen molar-refractivity contribution in [1.82, 2.24) is 4.90 Å². The van der Waals surface area contributed by atoms with Crippen LogP contribution in [0.15, 0.2) is 18.2 Å². The van der Waals surface area contributed by atoms with Gasteiger partial charge in [0.2, 0.25) is 0 Å². The second kappa shape index (κ2) is 5.96. The van der Waals surface area contributed by atoms with Crippen LogP contribution in [0.25, 0.3) is 0 Å². The van der Waals surface area contributed by atoms with E-state index in [0.29, 0.717) is 29.0 Å². The van der Waals surface area contributed by atoms with Crippen molar-refractivity contribution in [2.45, 2.75) is 44.6 Å². The zero-order valence-electron chi connectivity index (χ0n) is 12.7. The van der Waals surface area contributed by atoms with Crippen LogP contribution < -0.4 is 10.5 Å². The van der Waals surface area contributed by atoms with E-state index in [2.05, 4.69) is 4.90 Å². The van der Waals surface area contributed by atoms with E-state index >= 15 is 0 Å².